The number of halogens is 1. The second-order valence-electron chi connectivity index (χ2n) is 17.5. The van der Waals surface area contributed by atoms with E-state index in [1.165, 1.54) is 56.0 Å². The lowest BCUT2D eigenvalue weighted by Crippen LogP contribution is -2.36. The molecule has 2 aliphatic rings. The van der Waals surface area contributed by atoms with Crippen LogP contribution in [-0.4, -0.2) is 108 Å². The summed E-state index contributed by atoms with van der Waals surface area (Å²) in [5.74, 6) is -0.597. The van der Waals surface area contributed by atoms with Crippen molar-refractivity contribution in [1.29, 1.82) is 0 Å². The van der Waals surface area contributed by atoms with Crippen LogP contribution in [0.15, 0.2) is 0 Å². The van der Waals surface area contributed by atoms with Gasteiger partial charge in [0.05, 0.1) is 25.6 Å². The minimum Gasteiger partial charge on any atom is -0.481 e. The van der Waals surface area contributed by atoms with Crippen molar-refractivity contribution in [2.75, 3.05) is 51.4 Å². The number of hydrogen-bond acceptors (Lipinski definition) is 15. The summed E-state index contributed by atoms with van der Waals surface area (Å²) in [5.41, 5.74) is 7.44. The van der Waals surface area contributed by atoms with Crippen LogP contribution in [0.25, 0.3) is 0 Å². The molecule has 0 aliphatic heterocycles. The number of fused-ring (bicyclic) bond motifs is 2. The molecule has 0 saturated carbocycles. The van der Waals surface area contributed by atoms with Crippen molar-refractivity contribution in [1.82, 2.24) is 14.9 Å². The number of aliphatic carboxylic acids is 1. The number of hydrogen-bond donors (Lipinski definition) is 4. The van der Waals surface area contributed by atoms with E-state index in [1.54, 1.807) is 22.7 Å². The average Bonchev–Trinajstić information content (AvgIpc) is 3.94. The van der Waals surface area contributed by atoms with Crippen molar-refractivity contribution >= 4 is 85.8 Å². The Balaban J connectivity index is 0.000000569. The summed E-state index contributed by atoms with van der Waals surface area (Å²) < 4.78 is 9.00. The molecule has 2 heterocycles. The monoisotopic (exact) mass is 1030 g/mol. The maximum absolute atomic E-state index is 12.2. The summed E-state index contributed by atoms with van der Waals surface area (Å²) in [6, 6.07) is 0.548. The topological polar surface area (TPSA) is 237 Å². The molecule has 2 aromatic heterocycles. The fourth-order valence-electron chi connectivity index (χ4n) is 7.84. The summed E-state index contributed by atoms with van der Waals surface area (Å²) in [7, 11) is 4.95. The van der Waals surface area contributed by atoms with Crippen LogP contribution in [0.5, 0.6) is 0 Å². The number of aromatic nitrogens is 2. The molecule has 19 heteroatoms. The molecule has 2 atom stereocenters. The number of rotatable bonds is 30. The van der Waals surface area contributed by atoms with Crippen LogP contribution in [0.2, 0.25) is 0 Å². The van der Waals surface area contributed by atoms with Gasteiger partial charge in [0.25, 0.3) is 0 Å². The van der Waals surface area contributed by atoms with E-state index in [4.69, 9.17) is 10.8 Å². The van der Waals surface area contributed by atoms with Gasteiger partial charge in [-0.25, -0.2) is 9.97 Å². The van der Waals surface area contributed by atoms with Crippen LogP contribution in [0.4, 0.5) is 10.3 Å². The molecule has 0 saturated heterocycles. The van der Waals surface area contributed by atoms with Gasteiger partial charge in [0, 0.05) is 80.0 Å². The first-order valence-electron chi connectivity index (χ1n) is 24.9. The van der Waals surface area contributed by atoms with Crippen molar-refractivity contribution < 1.29 is 48.1 Å². The third kappa shape index (κ3) is 29.2. The fraction of sp³-hybridized carbons (Fsp3) is 0.740. The van der Waals surface area contributed by atoms with Crippen LogP contribution < -0.4 is 16.4 Å². The van der Waals surface area contributed by atoms with Crippen LogP contribution >= 0.6 is 34.3 Å². The van der Waals surface area contributed by atoms with Crippen molar-refractivity contribution in [3.05, 3.63) is 21.1 Å². The Hall–Kier alpha value is -3.84. The number of esters is 2. The summed E-state index contributed by atoms with van der Waals surface area (Å²) in [5, 5.41) is 15.6. The van der Waals surface area contributed by atoms with Crippen LogP contribution in [-0.2, 0) is 68.7 Å². The maximum atomic E-state index is 12.2. The molecule has 0 unspecified atom stereocenters. The molecular formula is C50H83ClN6O10S2. The molecular weight excluding hydrogens is 944 g/mol. The highest BCUT2D eigenvalue weighted by Gasteiger charge is 2.26. The fourth-order valence-corrected chi connectivity index (χ4v) is 10.1. The lowest BCUT2D eigenvalue weighted by molar-refractivity contribution is -0.141. The zero-order valence-electron chi connectivity index (χ0n) is 42.4. The first kappa shape index (κ1) is 63.2. The Kier molecular flexibility index (Phi) is 35.6. The number of methoxy groups -OCH3 is 2. The molecule has 16 nitrogen and oxygen atoms in total. The number of thiazole rings is 2. The van der Waals surface area contributed by atoms with Gasteiger partial charge in [-0.3, -0.25) is 33.6 Å². The first-order valence-corrected chi connectivity index (χ1v) is 27.3. The van der Waals surface area contributed by atoms with Crippen LogP contribution in [0, 0.1) is 5.92 Å². The van der Waals surface area contributed by atoms with E-state index in [1.807, 2.05) is 0 Å². The molecule has 5 N–H and O–H groups in total. The van der Waals surface area contributed by atoms with E-state index in [0.717, 1.165) is 101 Å². The largest absolute Gasteiger partial charge is 0.481 e. The Morgan fingerprint density at radius 3 is 1.61 bits per heavy atom. The zero-order valence-corrected chi connectivity index (χ0v) is 44.8. The number of ether oxygens (including phenoxy) is 2. The number of carbonyl (C=O) groups excluding carboxylic acids is 6. The van der Waals surface area contributed by atoms with Gasteiger partial charge in [0.15, 0.2) is 10.3 Å². The number of ketones is 2. The van der Waals surface area contributed by atoms with E-state index in [-0.39, 0.29) is 67.4 Å². The molecule has 0 bridgehead atoms. The van der Waals surface area contributed by atoms with E-state index in [9.17, 15) is 33.6 Å². The van der Waals surface area contributed by atoms with Crippen molar-refractivity contribution in [3.63, 3.8) is 0 Å². The molecule has 2 amide bonds. The molecule has 2 aliphatic carbocycles. The van der Waals surface area contributed by atoms with Crippen molar-refractivity contribution in [3.8, 4) is 0 Å². The number of nitrogens with two attached hydrogens (primary N) is 1. The number of aryl methyl sites for hydroxylation is 2. The Labute approximate surface area is 424 Å². The van der Waals surface area contributed by atoms with Gasteiger partial charge >= 0.3 is 17.9 Å². The number of carboxylic acid groups (broad SMARTS) is 1. The zero-order chi connectivity index (χ0) is 51.4. The Bertz CT molecular complexity index is 1830. The minimum atomic E-state index is -0.802. The number of alkyl halides is 1. The van der Waals surface area contributed by atoms with Gasteiger partial charge in [-0.15, -0.1) is 34.3 Å². The third-order valence-corrected chi connectivity index (χ3v) is 13.9. The number of unbranched alkanes of at least 4 members (excludes halogenated alkanes) is 6. The maximum Gasteiger partial charge on any atom is 0.305 e. The van der Waals surface area contributed by atoms with Gasteiger partial charge in [-0.2, -0.15) is 0 Å². The van der Waals surface area contributed by atoms with E-state index in [0.29, 0.717) is 61.4 Å². The average molecular weight is 1030 g/mol. The molecule has 0 spiro atoms. The number of Topliss-reactive ketones (excluding diaryl/α,β-unsaturated/α-hetero) is 2. The number of carboxylic acids is 1. The third-order valence-electron chi connectivity index (χ3n) is 11.8. The Morgan fingerprint density at radius 1 is 0.652 bits per heavy atom. The lowest BCUT2D eigenvalue weighted by Gasteiger charge is -2.30. The van der Waals surface area contributed by atoms with E-state index < -0.39 is 5.97 Å². The van der Waals surface area contributed by atoms with Crippen molar-refractivity contribution in [2.45, 2.75) is 193 Å². The highest BCUT2D eigenvalue weighted by molar-refractivity contribution is 7.16. The normalized spacial score (nSPS) is 14.5. The second-order valence-corrected chi connectivity index (χ2v) is 19.7. The van der Waals surface area contributed by atoms with Crippen LogP contribution in [0.1, 0.15) is 183 Å². The van der Waals surface area contributed by atoms with Gasteiger partial charge < -0.3 is 35.8 Å². The molecule has 0 fully saturated rings. The molecule has 69 heavy (non-hydrogen) atoms. The SMILES string of the molecule is CCCC[C@H]1CCc2nc(NC(=O)CCC(=O)CCCCCC(=O)O)sc2C1.CCCN(C)[C@H]1CCc2nc(NC(=O)CCC(=O)CCCCCC(=O)OC)sc2C1.CCl.COC(=O)CCCCN. The van der Waals surface area contributed by atoms with E-state index >= 15 is 0 Å². The lowest BCUT2D eigenvalue weighted by atomic mass is 9.87. The van der Waals surface area contributed by atoms with Crippen LogP contribution in [0.3, 0.4) is 0 Å². The van der Waals surface area contributed by atoms with E-state index in [2.05, 4.69) is 67.5 Å². The minimum absolute atomic E-state index is 0.0580. The van der Waals surface area contributed by atoms with Gasteiger partial charge in [-0.05, 0) is 110 Å². The second kappa shape index (κ2) is 38.9. The molecule has 0 aromatic carbocycles. The standard InChI is InChI=1S/C22H35N3O4S.C21H32N2O4S.C6H13NO2.CH3Cl/c1-4-14-25(2)16-10-12-18-19(15-16)30-22(23-18)24-20(27)13-11-17(26)8-6-5-7-9-21(28)29-3;1-2-3-7-15-10-12-17-18(14-15)28-21(22-17)23-19(25)13-11-16(24)8-5-4-6-9-20(26)27;1-9-6(8)4-2-3-5-7;1-2/h16H,4-15H2,1-3H3,(H,23,24,27);15H,2-14H2,1H3,(H,26,27)(H,22,23,25);2-5,7H2,1H3;1H3/t16-;15-;;/m00../s1. The number of nitrogens with zero attached hydrogens (tertiary/aromatic N) is 3. The first-order chi connectivity index (χ1) is 33.2. The number of anilines is 2. The van der Waals surface area contributed by atoms with Gasteiger partial charge in [0.2, 0.25) is 11.8 Å². The smallest absolute Gasteiger partial charge is 0.305 e. The summed E-state index contributed by atoms with van der Waals surface area (Å²) in [6.07, 6.45) is 21.5. The van der Waals surface area contributed by atoms with Crippen molar-refractivity contribution in [2.24, 2.45) is 11.7 Å². The highest BCUT2D eigenvalue weighted by Crippen LogP contribution is 2.35. The number of nitrogens with one attached hydrogen (secondary N) is 2. The quantitative estimate of drug-likeness (QED) is 0.0324. The predicted molar refractivity (Wildman–Crippen MR) is 276 cm³/mol. The number of carbonyl (C=O) groups is 7. The summed E-state index contributed by atoms with van der Waals surface area (Å²) in [6.45, 7) is 6.17. The molecule has 392 valence electrons. The molecule has 4 rings (SSSR count). The summed E-state index contributed by atoms with van der Waals surface area (Å²) in [4.78, 5) is 94.2. The Morgan fingerprint density at radius 2 is 1.13 bits per heavy atom. The van der Waals surface area contributed by atoms with Gasteiger partial charge in [0.1, 0.15) is 11.6 Å². The van der Waals surface area contributed by atoms with Gasteiger partial charge in [-0.1, -0.05) is 46.0 Å². The predicted octanol–water partition coefficient (Wildman–Crippen LogP) is 9.66. The molecule has 0 radical (unpaired) electrons. The number of amides is 2. The number of likely N-dealkylation sites (N-methyl/N-ethyl adjacent to an activating group) is 1. The highest BCUT2D eigenvalue weighted by atomic mass is 35.5. The molecule has 2 aromatic rings. The summed E-state index contributed by atoms with van der Waals surface area (Å²) >= 11 is 7.79.